The first-order valence-electron chi connectivity index (χ1n) is 5.27. The largest absolute Gasteiger partial charge is 0.269 e. The molecule has 0 aliphatic carbocycles. The Bertz CT molecular complexity index is 249. The molecule has 0 aromatic heterocycles. The molecule has 0 unspecified atom stereocenters. The lowest BCUT2D eigenvalue weighted by molar-refractivity contribution is 0.515. The normalized spacial score (nSPS) is 15.3. The van der Waals surface area contributed by atoms with E-state index in [0.29, 0.717) is 0 Å². The van der Waals surface area contributed by atoms with Crippen molar-refractivity contribution in [3.05, 3.63) is 23.4 Å². The van der Waals surface area contributed by atoms with Crippen LogP contribution in [0.5, 0.6) is 0 Å². The molecule has 0 radical (unpaired) electrons. The maximum Gasteiger partial charge on any atom is 0.0301 e. The standard InChI is InChI=1S/C13H23N/c1-7-11(3)9-12(10-14-8-2)13(4,5)6/h8-10H,7H2,1-6H3/b11-9+,12-10+,14-8-. The second kappa shape index (κ2) is 5.79. The molecule has 0 bridgehead atoms. The number of hydrogen-bond acceptors (Lipinski definition) is 1. The minimum Gasteiger partial charge on any atom is -0.269 e. The third kappa shape index (κ3) is 5.00. The van der Waals surface area contributed by atoms with Crippen molar-refractivity contribution >= 4 is 6.21 Å². The van der Waals surface area contributed by atoms with E-state index >= 15 is 0 Å². The van der Waals surface area contributed by atoms with E-state index in [1.807, 2.05) is 19.3 Å². The van der Waals surface area contributed by atoms with Crippen molar-refractivity contribution in [1.82, 2.24) is 0 Å². The third-order valence-electron chi connectivity index (χ3n) is 2.19. The second-order valence-electron chi connectivity index (χ2n) is 4.59. The first kappa shape index (κ1) is 13.2. The van der Waals surface area contributed by atoms with Gasteiger partial charge in [0.2, 0.25) is 0 Å². The maximum absolute atomic E-state index is 4.19. The Labute approximate surface area is 88.6 Å². The average Bonchev–Trinajstić information content (AvgIpc) is 2.09. The highest BCUT2D eigenvalue weighted by molar-refractivity contribution is 5.54. The van der Waals surface area contributed by atoms with E-state index in [0.717, 1.165) is 6.42 Å². The molecular formula is C13H23N. The van der Waals surface area contributed by atoms with Crippen LogP contribution < -0.4 is 0 Å². The van der Waals surface area contributed by atoms with Crippen molar-refractivity contribution in [2.45, 2.75) is 48.0 Å². The summed E-state index contributed by atoms with van der Waals surface area (Å²) in [5.74, 6) is 0. The van der Waals surface area contributed by atoms with Gasteiger partial charge in [0.1, 0.15) is 0 Å². The van der Waals surface area contributed by atoms with Crippen molar-refractivity contribution in [2.75, 3.05) is 0 Å². The monoisotopic (exact) mass is 193 g/mol. The van der Waals surface area contributed by atoms with Crippen LogP contribution in [0.15, 0.2) is 28.4 Å². The molecule has 0 amide bonds. The highest BCUT2D eigenvalue weighted by Gasteiger charge is 2.14. The molecule has 1 nitrogen and oxygen atoms in total. The van der Waals surface area contributed by atoms with Gasteiger partial charge in [0, 0.05) is 12.4 Å². The van der Waals surface area contributed by atoms with Crippen molar-refractivity contribution in [1.29, 1.82) is 0 Å². The summed E-state index contributed by atoms with van der Waals surface area (Å²) in [4.78, 5) is 4.19. The smallest absolute Gasteiger partial charge is 0.0301 e. The summed E-state index contributed by atoms with van der Waals surface area (Å²) in [6, 6.07) is 0. The van der Waals surface area contributed by atoms with E-state index in [2.05, 4.69) is 45.7 Å². The Balaban J connectivity index is 4.94. The quantitative estimate of drug-likeness (QED) is 0.466. The summed E-state index contributed by atoms with van der Waals surface area (Å²) in [7, 11) is 0. The first-order valence-corrected chi connectivity index (χ1v) is 5.27. The second-order valence-corrected chi connectivity index (χ2v) is 4.59. The predicted octanol–water partition coefficient (Wildman–Crippen LogP) is 4.36. The fraction of sp³-hybridized carbons (Fsp3) is 0.615. The molecule has 0 heterocycles. The summed E-state index contributed by atoms with van der Waals surface area (Å²) < 4.78 is 0. The maximum atomic E-state index is 4.19. The molecule has 0 aliphatic heterocycles. The van der Waals surface area contributed by atoms with Gasteiger partial charge >= 0.3 is 0 Å². The molecule has 0 spiro atoms. The van der Waals surface area contributed by atoms with Crippen LogP contribution in [0.1, 0.15) is 48.0 Å². The highest BCUT2D eigenvalue weighted by Crippen LogP contribution is 2.27. The lowest BCUT2D eigenvalue weighted by Gasteiger charge is -2.20. The Kier molecular flexibility index (Phi) is 5.44. The summed E-state index contributed by atoms with van der Waals surface area (Å²) in [6.45, 7) is 12.9. The average molecular weight is 193 g/mol. The zero-order valence-electron chi connectivity index (χ0n) is 10.4. The number of aliphatic imine (C=N–C) groups is 1. The fourth-order valence-electron chi connectivity index (χ4n) is 0.970. The van der Waals surface area contributed by atoms with Gasteiger partial charge < -0.3 is 0 Å². The van der Waals surface area contributed by atoms with Crippen molar-refractivity contribution in [3.63, 3.8) is 0 Å². The van der Waals surface area contributed by atoms with Gasteiger partial charge in [0.05, 0.1) is 0 Å². The number of allylic oxidation sites excluding steroid dienone is 3. The molecular weight excluding hydrogens is 170 g/mol. The van der Waals surface area contributed by atoms with Crippen molar-refractivity contribution in [2.24, 2.45) is 10.4 Å². The lowest BCUT2D eigenvalue weighted by Crippen LogP contribution is -2.07. The van der Waals surface area contributed by atoms with E-state index < -0.39 is 0 Å². The molecule has 0 aliphatic rings. The van der Waals surface area contributed by atoms with Gasteiger partial charge in [-0.1, -0.05) is 39.3 Å². The highest BCUT2D eigenvalue weighted by atomic mass is 14.7. The summed E-state index contributed by atoms with van der Waals surface area (Å²) >= 11 is 0. The third-order valence-corrected chi connectivity index (χ3v) is 2.19. The zero-order chi connectivity index (χ0) is 11.2. The molecule has 80 valence electrons. The predicted molar refractivity (Wildman–Crippen MR) is 65.8 cm³/mol. The molecule has 0 aromatic rings. The van der Waals surface area contributed by atoms with E-state index in [9.17, 15) is 0 Å². The summed E-state index contributed by atoms with van der Waals surface area (Å²) in [6.07, 6.45) is 7.12. The molecule has 0 aromatic carbocycles. The van der Waals surface area contributed by atoms with Gasteiger partial charge in [0.15, 0.2) is 0 Å². The van der Waals surface area contributed by atoms with Crippen LogP contribution in [0.3, 0.4) is 0 Å². The van der Waals surface area contributed by atoms with E-state index in [-0.39, 0.29) is 5.41 Å². The van der Waals surface area contributed by atoms with Crippen molar-refractivity contribution in [3.8, 4) is 0 Å². The fourth-order valence-corrected chi connectivity index (χ4v) is 0.970. The minimum absolute atomic E-state index is 0.170. The zero-order valence-corrected chi connectivity index (χ0v) is 10.4. The van der Waals surface area contributed by atoms with Gasteiger partial charge in [0.25, 0.3) is 0 Å². The van der Waals surface area contributed by atoms with Gasteiger partial charge in [-0.05, 0) is 31.3 Å². The molecule has 14 heavy (non-hydrogen) atoms. The molecule has 1 heteroatoms. The number of rotatable bonds is 3. The lowest BCUT2D eigenvalue weighted by atomic mass is 9.86. The molecule has 0 fully saturated rings. The summed E-state index contributed by atoms with van der Waals surface area (Å²) in [5.41, 5.74) is 2.86. The number of hydrogen-bond donors (Lipinski definition) is 0. The van der Waals surface area contributed by atoms with E-state index in [1.165, 1.54) is 11.1 Å². The first-order chi connectivity index (χ1) is 6.41. The minimum atomic E-state index is 0.170. The molecule has 0 saturated carbocycles. The molecule has 0 rings (SSSR count). The van der Waals surface area contributed by atoms with Crippen LogP contribution in [0.4, 0.5) is 0 Å². The molecule has 0 N–H and O–H groups in total. The van der Waals surface area contributed by atoms with Crippen molar-refractivity contribution < 1.29 is 0 Å². The topological polar surface area (TPSA) is 12.4 Å². The van der Waals surface area contributed by atoms with Gasteiger partial charge in [-0.15, -0.1) is 0 Å². The van der Waals surface area contributed by atoms with Crippen LogP contribution in [-0.4, -0.2) is 6.21 Å². The van der Waals surface area contributed by atoms with E-state index in [1.54, 1.807) is 0 Å². The Morgan fingerprint density at radius 2 is 1.86 bits per heavy atom. The number of nitrogens with zero attached hydrogens (tertiary/aromatic N) is 1. The van der Waals surface area contributed by atoms with Crippen LogP contribution in [0.2, 0.25) is 0 Å². The molecule has 0 atom stereocenters. The van der Waals surface area contributed by atoms with Crippen LogP contribution in [-0.2, 0) is 0 Å². The van der Waals surface area contributed by atoms with Gasteiger partial charge in [-0.2, -0.15) is 0 Å². The van der Waals surface area contributed by atoms with Crippen LogP contribution >= 0.6 is 0 Å². The Hall–Kier alpha value is -0.850. The van der Waals surface area contributed by atoms with Gasteiger partial charge in [-0.3, -0.25) is 4.99 Å². The van der Waals surface area contributed by atoms with Gasteiger partial charge in [-0.25, -0.2) is 0 Å². The summed E-state index contributed by atoms with van der Waals surface area (Å²) in [5, 5.41) is 0. The Morgan fingerprint density at radius 1 is 1.29 bits per heavy atom. The molecule has 0 saturated heterocycles. The van der Waals surface area contributed by atoms with Crippen LogP contribution in [0.25, 0.3) is 0 Å². The van der Waals surface area contributed by atoms with E-state index in [4.69, 9.17) is 0 Å². The Morgan fingerprint density at radius 3 is 2.21 bits per heavy atom. The SMILES string of the molecule is C\C=N/C=C(\C=C(/C)CC)C(C)(C)C. The van der Waals surface area contributed by atoms with Crippen LogP contribution in [0, 0.1) is 5.41 Å².